The molecule has 6 aromatic carbocycles. The smallest absolute Gasteiger partial charge is 0.162 e. The predicted molar refractivity (Wildman–Crippen MR) is 208 cm³/mol. The second-order valence-corrected chi connectivity index (χ2v) is 12.9. The summed E-state index contributed by atoms with van der Waals surface area (Å²) in [5.74, 6) is 1.55. The molecule has 0 spiro atoms. The molecule has 9 aromatic rings. The molecule has 0 bridgehead atoms. The van der Waals surface area contributed by atoms with E-state index < -0.39 is 0 Å². The third kappa shape index (κ3) is 4.53. The molecule has 0 radical (unpaired) electrons. The van der Waals surface area contributed by atoms with E-state index in [9.17, 15) is 0 Å². The van der Waals surface area contributed by atoms with Crippen molar-refractivity contribution in [3.05, 3.63) is 175 Å². The number of hydrogen-bond acceptors (Lipinski definition) is 2. The molecule has 10 rings (SSSR count). The maximum Gasteiger partial charge on any atom is 0.162 e. The number of aromatic nitrogens is 4. The summed E-state index contributed by atoms with van der Waals surface area (Å²) in [4.78, 5) is 10.5. The van der Waals surface area contributed by atoms with Crippen LogP contribution in [0.25, 0.3) is 83.3 Å². The van der Waals surface area contributed by atoms with E-state index in [-0.39, 0.29) is 0 Å². The van der Waals surface area contributed by atoms with Crippen molar-refractivity contribution in [3.8, 4) is 34.2 Å². The van der Waals surface area contributed by atoms with Gasteiger partial charge in [-0.2, -0.15) is 0 Å². The summed E-state index contributed by atoms with van der Waals surface area (Å²) >= 11 is 0. The molecule has 236 valence electrons. The molecule has 50 heavy (non-hydrogen) atoms. The third-order valence-corrected chi connectivity index (χ3v) is 10.0. The zero-order valence-corrected chi connectivity index (χ0v) is 27.4. The number of rotatable bonds is 5. The lowest BCUT2D eigenvalue weighted by Gasteiger charge is -2.13. The molecular weight excluding hydrogens is 609 g/mol. The Morgan fingerprint density at radius 3 is 1.76 bits per heavy atom. The molecule has 1 aliphatic rings. The van der Waals surface area contributed by atoms with E-state index in [2.05, 4.69) is 173 Å². The van der Waals surface area contributed by atoms with Crippen molar-refractivity contribution < 1.29 is 0 Å². The molecule has 0 unspecified atom stereocenters. The summed E-state index contributed by atoms with van der Waals surface area (Å²) in [6, 6.07) is 54.0. The van der Waals surface area contributed by atoms with Crippen LogP contribution in [0.15, 0.2) is 170 Å². The number of nitrogens with zero attached hydrogens (tertiary/aromatic N) is 4. The lowest BCUT2D eigenvalue weighted by Crippen LogP contribution is -2.02. The van der Waals surface area contributed by atoms with Crippen LogP contribution in [0.5, 0.6) is 0 Å². The Morgan fingerprint density at radius 1 is 0.480 bits per heavy atom. The van der Waals surface area contributed by atoms with E-state index in [1.807, 2.05) is 6.07 Å². The fourth-order valence-electron chi connectivity index (χ4n) is 7.73. The van der Waals surface area contributed by atoms with E-state index >= 15 is 0 Å². The van der Waals surface area contributed by atoms with E-state index in [1.54, 1.807) is 0 Å². The molecule has 0 fully saturated rings. The summed E-state index contributed by atoms with van der Waals surface area (Å²) in [7, 11) is 0. The molecule has 0 saturated carbocycles. The number of allylic oxidation sites excluding steroid dienone is 4. The van der Waals surface area contributed by atoms with Crippen LogP contribution in [0.2, 0.25) is 0 Å². The predicted octanol–water partition coefficient (Wildman–Crippen LogP) is 11.7. The van der Waals surface area contributed by atoms with E-state index in [1.165, 1.54) is 43.7 Å². The normalized spacial score (nSPS) is 13.1. The van der Waals surface area contributed by atoms with Crippen molar-refractivity contribution in [2.24, 2.45) is 0 Å². The van der Waals surface area contributed by atoms with Gasteiger partial charge in [-0.25, -0.2) is 9.97 Å². The first kappa shape index (κ1) is 28.5. The van der Waals surface area contributed by atoms with Gasteiger partial charge in [0, 0.05) is 44.4 Å². The summed E-state index contributed by atoms with van der Waals surface area (Å²) in [6.45, 7) is 0. The second kappa shape index (κ2) is 11.6. The van der Waals surface area contributed by atoms with Gasteiger partial charge in [-0.05, 0) is 60.4 Å². The van der Waals surface area contributed by atoms with Crippen molar-refractivity contribution in [1.29, 1.82) is 0 Å². The average molecular weight is 641 g/mol. The molecule has 4 nitrogen and oxygen atoms in total. The van der Waals surface area contributed by atoms with Crippen LogP contribution in [0, 0.1) is 0 Å². The van der Waals surface area contributed by atoms with E-state index in [0.29, 0.717) is 5.82 Å². The Hall–Kier alpha value is -6.52. The fourth-order valence-corrected chi connectivity index (χ4v) is 7.73. The summed E-state index contributed by atoms with van der Waals surface area (Å²) in [5.41, 5.74) is 11.3. The molecule has 0 N–H and O–H groups in total. The van der Waals surface area contributed by atoms with Crippen LogP contribution in [-0.2, 0) is 0 Å². The molecule has 0 atom stereocenters. The molecule has 0 saturated heterocycles. The summed E-state index contributed by atoms with van der Waals surface area (Å²) in [6.07, 6.45) is 8.75. The second-order valence-electron chi connectivity index (χ2n) is 12.9. The monoisotopic (exact) mass is 640 g/mol. The fraction of sp³-hybridized carbons (Fsp3) is 0.0435. The van der Waals surface area contributed by atoms with Crippen LogP contribution in [0.4, 0.5) is 0 Å². The Bertz CT molecular complexity index is 2780. The maximum atomic E-state index is 5.33. The molecule has 0 amide bonds. The highest BCUT2D eigenvalue weighted by Crippen LogP contribution is 2.42. The van der Waals surface area contributed by atoms with Crippen LogP contribution in [0.3, 0.4) is 0 Å². The first-order valence-corrected chi connectivity index (χ1v) is 17.2. The van der Waals surface area contributed by atoms with Crippen LogP contribution in [-0.4, -0.2) is 19.1 Å². The number of fused-ring (bicyclic) bond motifs is 7. The Labute approximate surface area is 289 Å². The zero-order valence-electron chi connectivity index (χ0n) is 27.4. The van der Waals surface area contributed by atoms with Crippen LogP contribution < -0.4 is 0 Å². The number of para-hydroxylation sites is 3. The van der Waals surface area contributed by atoms with Gasteiger partial charge in [0.2, 0.25) is 0 Å². The first-order valence-electron chi connectivity index (χ1n) is 17.2. The number of benzene rings is 6. The van der Waals surface area contributed by atoms with Gasteiger partial charge >= 0.3 is 0 Å². The Balaban J connectivity index is 1.25. The minimum absolute atomic E-state index is 0.707. The molecular formula is C46H32N4. The van der Waals surface area contributed by atoms with Crippen molar-refractivity contribution in [2.75, 3.05) is 0 Å². The highest BCUT2D eigenvalue weighted by molar-refractivity contribution is 6.28. The minimum Gasteiger partial charge on any atom is -0.309 e. The van der Waals surface area contributed by atoms with Gasteiger partial charge in [-0.15, -0.1) is 0 Å². The van der Waals surface area contributed by atoms with Crippen molar-refractivity contribution in [2.45, 2.75) is 12.8 Å². The number of hydrogen-bond donors (Lipinski definition) is 0. The van der Waals surface area contributed by atoms with Crippen molar-refractivity contribution in [1.82, 2.24) is 19.1 Å². The molecule has 3 heterocycles. The summed E-state index contributed by atoms with van der Waals surface area (Å²) in [5, 5.41) is 4.91. The molecule has 0 aliphatic heterocycles. The highest BCUT2D eigenvalue weighted by Gasteiger charge is 2.22. The third-order valence-electron chi connectivity index (χ3n) is 10.0. The first-order chi connectivity index (χ1) is 24.8. The van der Waals surface area contributed by atoms with Gasteiger partial charge in [0.25, 0.3) is 0 Å². The average Bonchev–Trinajstić information content (AvgIpc) is 3.72. The minimum atomic E-state index is 0.707. The largest absolute Gasteiger partial charge is 0.309 e. The van der Waals surface area contributed by atoms with Gasteiger partial charge in [0.05, 0.1) is 27.8 Å². The maximum absolute atomic E-state index is 5.33. The zero-order chi connectivity index (χ0) is 33.0. The Morgan fingerprint density at radius 2 is 1.08 bits per heavy atom. The van der Waals surface area contributed by atoms with Gasteiger partial charge in [0.15, 0.2) is 5.82 Å². The summed E-state index contributed by atoms with van der Waals surface area (Å²) < 4.78 is 4.71. The Kier molecular flexibility index (Phi) is 6.59. The van der Waals surface area contributed by atoms with Gasteiger partial charge < -0.3 is 4.57 Å². The lowest BCUT2D eigenvalue weighted by molar-refractivity contribution is 1.05. The standard InChI is InChI=1S/C46H32N4/c1-4-14-31(15-5-1)32-24-26-34(27-25-32)46-47-38(33-16-6-2-7-17-33)30-43(48-46)50-40-23-13-11-21-37(40)45-42(50)29-28-41-44(45)36-20-10-12-22-39(36)49(41)35-18-8-3-9-19-35/h1-4,6-14,16-30H,5,15H2. The topological polar surface area (TPSA) is 35.6 Å². The van der Waals surface area contributed by atoms with Crippen LogP contribution in [0.1, 0.15) is 18.4 Å². The van der Waals surface area contributed by atoms with Crippen LogP contribution >= 0.6 is 0 Å². The van der Waals surface area contributed by atoms with Gasteiger partial charge in [0.1, 0.15) is 5.82 Å². The molecule has 3 aromatic heterocycles. The van der Waals surface area contributed by atoms with Gasteiger partial charge in [-0.3, -0.25) is 4.57 Å². The van der Waals surface area contributed by atoms with Gasteiger partial charge in [-0.1, -0.05) is 127 Å². The lowest BCUT2D eigenvalue weighted by atomic mass is 9.96. The molecule has 1 aliphatic carbocycles. The quantitative estimate of drug-likeness (QED) is 0.188. The van der Waals surface area contributed by atoms with E-state index in [0.717, 1.165) is 52.2 Å². The van der Waals surface area contributed by atoms with E-state index in [4.69, 9.17) is 9.97 Å². The van der Waals surface area contributed by atoms with Crippen molar-refractivity contribution >= 4 is 49.2 Å². The van der Waals surface area contributed by atoms with Crippen molar-refractivity contribution in [3.63, 3.8) is 0 Å². The highest BCUT2D eigenvalue weighted by atomic mass is 15.1. The SMILES string of the molecule is C1=CCCC(c2ccc(-c3nc(-c4ccccc4)cc(-n4c5ccccc5c5c6c7ccccc7n(-c7ccccc7)c6ccc54)n3)cc2)=C1. The molecule has 4 heteroatoms.